The van der Waals surface area contributed by atoms with Gasteiger partial charge >= 0.3 is 6.30 Å². The summed E-state index contributed by atoms with van der Waals surface area (Å²) in [6.07, 6.45) is -1.33. The van der Waals surface area contributed by atoms with Crippen LogP contribution in [0.2, 0.25) is 0 Å². The van der Waals surface area contributed by atoms with E-state index in [1.54, 1.807) is 22.3 Å². The summed E-state index contributed by atoms with van der Waals surface area (Å²) in [6, 6.07) is 6.14. The molecule has 2 aliphatic rings. The van der Waals surface area contributed by atoms with Gasteiger partial charge in [-0.25, -0.2) is 0 Å². The van der Waals surface area contributed by atoms with Crippen molar-refractivity contribution in [3.8, 4) is 11.3 Å². The summed E-state index contributed by atoms with van der Waals surface area (Å²) in [4.78, 5) is 1.76. The minimum absolute atomic E-state index is 0.0545. The summed E-state index contributed by atoms with van der Waals surface area (Å²) in [7, 11) is 0. The fourth-order valence-electron chi connectivity index (χ4n) is 3.81. The Morgan fingerprint density at radius 2 is 1.97 bits per heavy atom. The number of oxime groups is 1. The predicted molar refractivity (Wildman–Crippen MR) is 106 cm³/mol. The van der Waals surface area contributed by atoms with Gasteiger partial charge in [0.05, 0.1) is 18.4 Å². The highest BCUT2D eigenvalue weighted by atomic mass is 19.4. The van der Waals surface area contributed by atoms with Crippen LogP contribution in [0.5, 0.6) is 0 Å². The quantitative estimate of drug-likeness (QED) is 0.206. The van der Waals surface area contributed by atoms with Crippen molar-refractivity contribution in [3.63, 3.8) is 0 Å². The van der Waals surface area contributed by atoms with E-state index in [9.17, 15) is 13.2 Å². The molecule has 2 fully saturated rings. The van der Waals surface area contributed by atoms with Gasteiger partial charge in [-0.3, -0.25) is 5.32 Å². The molecule has 4 rings (SSSR count). The maximum atomic E-state index is 13.0. The van der Waals surface area contributed by atoms with Crippen molar-refractivity contribution in [2.45, 2.75) is 50.6 Å². The maximum absolute atomic E-state index is 13.0. The van der Waals surface area contributed by atoms with Crippen molar-refractivity contribution in [3.05, 3.63) is 35.6 Å². The number of anilines is 1. The summed E-state index contributed by atoms with van der Waals surface area (Å²) >= 11 is 0. The zero-order valence-electron chi connectivity index (χ0n) is 16.7. The molecule has 8 nitrogen and oxygen atoms in total. The van der Waals surface area contributed by atoms with Gasteiger partial charge in [-0.1, -0.05) is 28.5 Å². The number of aromatic nitrogens is 1. The predicted octanol–water partition coefficient (Wildman–Crippen LogP) is 3.84. The Morgan fingerprint density at radius 3 is 2.61 bits per heavy atom. The summed E-state index contributed by atoms with van der Waals surface area (Å²) < 4.78 is 50.6. The number of para-hydroxylation sites is 1. The average Bonchev–Trinajstić information content (AvgIpc) is 3.51. The van der Waals surface area contributed by atoms with E-state index in [1.165, 1.54) is 12.1 Å². The Hall–Kier alpha value is -2.95. The van der Waals surface area contributed by atoms with E-state index < -0.39 is 6.30 Å². The number of hydrogen-bond acceptors (Lipinski definition) is 6. The average molecular weight is 439 g/mol. The van der Waals surface area contributed by atoms with Gasteiger partial charge in [0.1, 0.15) is 11.5 Å². The van der Waals surface area contributed by atoms with E-state index in [1.807, 2.05) is 0 Å². The smallest absolute Gasteiger partial charge is 0.408 e. The molecular formula is C20H24F3N5O3. The lowest BCUT2D eigenvalue weighted by Crippen LogP contribution is -2.44. The molecule has 1 aromatic heterocycles. The molecule has 1 saturated heterocycles. The Morgan fingerprint density at radius 1 is 1.26 bits per heavy atom. The zero-order valence-corrected chi connectivity index (χ0v) is 16.7. The fraction of sp³-hybridized carbons (Fsp3) is 0.500. The molecule has 0 atom stereocenters. The van der Waals surface area contributed by atoms with Crippen LogP contribution >= 0.6 is 0 Å². The molecule has 0 bridgehead atoms. The number of likely N-dealkylation sites (tertiary alicyclic amines) is 1. The molecule has 1 aromatic carbocycles. The molecule has 1 aliphatic heterocycles. The normalized spacial score (nSPS) is 18.4. The van der Waals surface area contributed by atoms with Gasteiger partial charge in [-0.2, -0.15) is 13.2 Å². The van der Waals surface area contributed by atoms with Gasteiger partial charge in [-0.15, -0.1) is 0 Å². The van der Waals surface area contributed by atoms with Crippen molar-refractivity contribution in [2.24, 2.45) is 10.9 Å². The van der Waals surface area contributed by atoms with E-state index in [-0.39, 0.29) is 30.3 Å². The van der Waals surface area contributed by atoms with Crippen LogP contribution in [-0.2, 0) is 11.3 Å². The van der Waals surface area contributed by atoms with E-state index in [0.29, 0.717) is 48.5 Å². The van der Waals surface area contributed by atoms with Crippen molar-refractivity contribution in [2.75, 3.05) is 18.4 Å². The van der Waals surface area contributed by atoms with Gasteiger partial charge in [-0.05, 0) is 31.7 Å². The lowest BCUT2D eigenvalue weighted by molar-refractivity contribution is -0.0999. The number of benzene rings is 1. The monoisotopic (exact) mass is 439 g/mol. The Kier molecular flexibility index (Phi) is 5.94. The third kappa shape index (κ3) is 5.04. The number of nitrogens with two attached hydrogens (primary N) is 1. The molecule has 1 saturated carbocycles. The number of nitrogens with zero attached hydrogens (tertiary/aromatic N) is 3. The van der Waals surface area contributed by atoms with Crippen LogP contribution in [0.3, 0.4) is 0 Å². The molecule has 11 heteroatoms. The summed E-state index contributed by atoms with van der Waals surface area (Å²) in [5.41, 5.74) is 6.91. The van der Waals surface area contributed by atoms with E-state index in [0.717, 1.165) is 12.8 Å². The van der Waals surface area contributed by atoms with Crippen LogP contribution in [0.25, 0.3) is 11.3 Å². The first kappa shape index (κ1) is 21.3. The van der Waals surface area contributed by atoms with Crippen LogP contribution in [0.4, 0.5) is 18.9 Å². The first-order chi connectivity index (χ1) is 14.9. The zero-order chi connectivity index (χ0) is 22.0. The number of ether oxygens (including phenoxy) is 1. The molecule has 0 amide bonds. The second kappa shape index (κ2) is 8.66. The molecule has 168 valence electrons. The first-order valence-corrected chi connectivity index (χ1v) is 10.1. The summed E-state index contributed by atoms with van der Waals surface area (Å²) in [5.74, 6) is 0.987. The molecule has 0 radical (unpaired) electrons. The number of alkyl halides is 3. The highest BCUT2D eigenvalue weighted by Crippen LogP contribution is 2.45. The molecule has 1 aliphatic carbocycles. The molecular weight excluding hydrogens is 415 g/mol. The third-order valence-electron chi connectivity index (χ3n) is 5.56. The summed E-state index contributed by atoms with van der Waals surface area (Å²) in [5, 5.41) is 17.5. The Bertz CT molecular complexity index is 934. The number of rotatable bonds is 6. The topological polar surface area (TPSA) is 109 Å². The van der Waals surface area contributed by atoms with E-state index in [2.05, 4.69) is 10.3 Å². The van der Waals surface area contributed by atoms with Crippen LogP contribution in [-0.4, -0.2) is 46.7 Å². The third-order valence-corrected chi connectivity index (χ3v) is 5.56. The Labute approximate surface area is 176 Å². The highest BCUT2D eigenvalue weighted by Gasteiger charge is 2.35. The Balaban J connectivity index is 1.52. The van der Waals surface area contributed by atoms with Gasteiger partial charge < -0.3 is 25.1 Å². The lowest BCUT2D eigenvalue weighted by atomic mass is 10.0. The van der Waals surface area contributed by atoms with Crippen molar-refractivity contribution in [1.29, 1.82) is 0 Å². The number of piperidine rings is 1. The van der Waals surface area contributed by atoms with E-state index >= 15 is 0 Å². The molecule has 2 aromatic rings. The molecule has 4 N–H and O–H groups in total. The van der Waals surface area contributed by atoms with Crippen LogP contribution in [0.15, 0.2) is 33.9 Å². The van der Waals surface area contributed by atoms with Crippen LogP contribution in [0, 0.1) is 0 Å². The molecule has 0 unspecified atom stereocenters. The lowest BCUT2D eigenvalue weighted by Gasteiger charge is -2.32. The molecule has 0 spiro atoms. The van der Waals surface area contributed by atoms with Gasteiger partial charge in [0, 0.05) is 30.1 Å². The number of nitrogens with one attached hydrogen (secondary N) is 1. The minimum Gasteiger partial charge on any atom is -0.408 e. The number of halogens is 3. The minimum atomic E-state index is -4.57. The second-order valence-corrected chi connectivity index (χ2v) is 7.77. The largest absolute Gasteiger partial charge is 0.482 e. The fourth-order valence-corrected chi connectivity index (χ4v) is 3.81. The molecule has 2 heterocycles. The van der Waals surface area contributed by atoms with Gasteiger partial charge in [0.25, 0.3) is 0 Å². The summed E-state index contributed by atoms with van der Waals surface area (Å²) in [6.45, 7) is 1.37. The first-order valence-electron chi connectivity index (χ1n) is 10.1. The SMILES string of the molecule is NC(=NO)N1CCC(OCc2c(-c3ccccc3NC(F)(F)F)noc2C2CC2)CC1. The van der Waals surface area contributed by atoms with Crippen LogP contribution in [0.1, 0.15) is 42.9 Å². The second-order valence-electron chi connectivity index (χ2n) is 7.77. The van der Waals surface area contributed by atoms with E-state index in [4.69, 9.17) is 20.2 Å². The standard InChI is InChI=1S/C20H24F3N5O3/c21-20(22,23)25-16-4-2-1-3-14(16)17-15(18(31-27-17)12-5-6-12)11-30-13-7-9-28(10-8-13)19(24)26-29/h1-4,12-13,25,29H,5-11H2,(H2,24,26). The number of hydrogen-bond donors (Lipinski definition) is 3. The van der Waals surface area contributed by atoms with Crippen LogP contribution < -0.4 is 11.1 Å². The van der Waals surface area contributed by atoms with Crippen molar-refractivity contribution >= 4 is 11.6 Å². The highest BCUT2D eigenvalue weighted by molar-refractivity contribution is 5.78. The molecule has 31 heavy (non-hydrogen) atoms. The van der Waals surface area contributed by atoms with Crippen molar-refractivity contribution in [1.82, 2.24) is 10.1 Å². The van der Waals surface area contributed by atoms with Gasteiger partial charge in [0.2, 0.25) is 5.96 Å². The number of guanidine groups is 1. The van der Waals surface area contributed by atoms with Gasteiger partial charge in [0.15, 0.2) is 0 Å². The van der Waals surface area contributed by atoms with Crippen molar-refractivity contribution < 1.29 is 27.6 Å². The maximum Gasteiger partial charge on any atom is 0.482 e.